The molecule has 3 fully saturated rings. The molecule has 2 saturated heterocycles. The summed E-state index contributed by atoms with van der Waals surface area (Å²) in [6, 6.07) is 15.0. The van der Waals surface area contributed by atoms with Crippen molar-refractivity contribution >= 4 is 11.7 Å². The number of hydrogen-bond donors (Lipinski definition) is 2. The third-order valence-electron chi connectivity index (χ3n) is 10.2. The number of aliphatic hydroxyl groups excluding tert-OH is 1. The maximum absolute atomic E-state index is 14.3. The summed E-state index contributed by atoms with van der Waals surface area (Å²) in [5, 5.41) is 15.0. The van der Waals surface area contributed by atoms with E-state index in [9.17, 15) is 14.7 Å². The summed E-state index contributed by atoms with van der Waals surface area (Å²) >= 11 is 0. The lowest BCUT2D eigenvalue weighted by Gasteiger charge is -2.43. The quantitative estimate of drug-likeness (QED) is 0.354. The van der Waals surface area contributed by atoms with Crippen molar-refractivity contribution in [3.05, 3.63) is 76.6 Å². The molecule has 8 nitrogen and oxygen atoms in total. The highest BCUT2D eigenvalue weighted by atomic mass is 16.5. The van der Waals surface area contributed by atoms with Crippen LogP contribution < -0.4 is 10.1 Å². The molecule has 2 N–H and O–H groups in total. The van der Waals surface area contributed by atoms with Crippen LogP contribution in [0.5, 0.6) is 5.75 Å². The standard InChI is InChI=1S/C36H47N3O5/c1-25-22-28(12-13-31(25)44-24-26-8-3-2-4-9-26)34(40)32-33(29-14-15-37-23-30(29)27-10-5-6-11-27)39(36(42)35(32)41)17-7-16-38-18-20-43-21-19-38/h2-4,8-9,12-13,22,27,29-30,33,37,41H,5-7,10-11,14-21,23-24H2,1H3. The van der Waals surface area contributed by atoms with Crippen molar-refractivity contribution < 1.29 is 24.2 Å². The van der Waals surface area contributed by atoms with E-state index in [0.29, 0.717) is 36.3 Å². The summed E-state index contributed by atoms with van der Waals surface area (Å²) in [4.78, 5) is 32.3. The van der Waals surface area contributed by atoms with Crippen LogP contribution in [0.15, 0.2) is 59.9 Å². The van der Waals surface area contributed by atoms with Crippen molar-refractivity contribution in [3.8, 4) is 5.75 Å². The minimum atomic E-state index is -0.415. The lowest BCUT2D eigenvalue weighted by atomic mass is 9.71. The third kappa shape index (κ3) is 6.72. The number of carbonyl (C=O) groups is 2. The number of ether oxygens (including phenoxy) is 2. The largest absolute Gasteiger partial charge is 0.503 e. The average molecular weight is 602 g/mol. The Kier molecular flexibility index (Phi) is 9.99. The zero-order valence-electron chi connectivity index (χ0n) is 26.0. The molecule has 1 amide bonds. The van der Waals surface area contributed by atoms with Crippen LogP contribution in [0.4, 0.5) is 0 Å². The molecular weight excluding hydrogens is 554 g/mol. The van der Waals surface area contributed by atoms with E-state index in [1.54, 1.807) is 6.07 Å². The molecule has 0 aromatic heterocycles. The molecule has 0 spiro atoms. The van der Waals surface area contributed by atoms with Gasteiger partial charge in [-0.05, 0) is 79.9 Å². The number of amides is 1. The van der Waals surface area contributed by atoms with E-state index in [0.717, 1.165) is 69.9 Å². The van der Waals surface area contributed by atoms with Gasteiger partial charge in [0.15, 0.2) is 11.5 Å². The lowest BCUT2D eigenvalue weighted by molar-refractivity contribution is -0.130. The summed E-state index contributed by atoms with van der Waals surface area (Å²) in [6.45, 7) is 8.78. The van der Waals surface area contributed by atoms with Crippen LogP contribution in [0.2, 0.25) is 0 Å². The second-order valence-corrected chi connectivity index (χ2v) is 13.0. The number of morpholine rings is 1. The SMILES string of the molecule is Cc1cc(C(=O)C2=C(O)C(=O)N(CCCN3CCOCC3)C2C2CCNCC2C2CCCC2)ccc1OCc1ccccc1. The fourth-order valence-corrected chi connectivity index (χ4v) is 7.93. The van der Waals surface area contributed by atoms with Gasteiger partial charge in [0.25, 0.3) is 5.91 Å². The third-order valence-corrected chi connectivity index (χ3v) is 10.2. The zero-order valence-corrected chi connectivity index (χ0v) is 26.0. The lowest BCUT2D eigenvalue weighted by Crippen LogP contribution is -2.51. The molecule has 2 aromatic carbocycles. The van der Waals surface area contributed by atoms with Gasteiger partial charge in [0.2, 0.25) is 0 Å². The smallest absolute Gasteiger partial charge is 0.289 e. The number of aliphatic hydroxyl groups is 1. The first-order chi connectivity index (χ1) is 21.5. The molecule has 236 valence electrons. The minimum Gasteiger partial charge on any atom is -0.503 e. The van der Waals surface area contributed by atoms with Gasteiger partial charge >= 0.3 is 0 Å². The molecule has 6 rings (SSSR count). The summed E-state index contributed by atoms with van der Waals surface area (Å²) in [6.07, 6.45) is 6.56. The fraction of sp³-hybridized carbons (Fsp3) is 0.556. The van der Waals surface area contributed by atoms with Gasteiger partial charge in [-0.2, -0.15) is 0 Å². The van der Waals surface area contributed by atoms with Crippen molar-refractivity contribution in [2.45, 2.75) is 58.1 Å². The first-order valence-electron chi connectivity index (χ1n) is 16.6. The van der Waals surface area contributed by atoms with Crippen molar-refractivity contribution in [2.24, 2.45) is 17.8 Å². The van der Waals surface area contributed by atoms with Crippen molar-refractivity contribution in [1.82, 2.24) is 15.1 Å². The Hall–Kier alpha value is -3.20. The van der Waals surface area contributed by atoms with E-state index in [1.165, 1.54) is 25.7 Å². The van der Waals surface area contributed by atoms with Crippen LogP contribution in [-0.2, 0) is 16.1 Å². The molecule has 1 aliphatic carbocycles. The van der Waals surface area contributed by atoms with E-state index >= 15 is 0 Å². The van der Waals surface area contributed by atoms with Gasteiger partial charge in [0.1, 0.15) is 12.4 Å². The zero-order chi connectivity index (χ0) is 30.5. The van der Waals surface area contributed by atoms with Crippen molar-refractivity contribution in [2.75, 3.05) is 52.5 Å². The highest BCUT2D eigenvalue weighted by molar-refractivity contribution is 6.16. The van der Waals surface area contributed by atoms with Gasteiger partial charge in [0.05, 0.1) is 24.8 Å². The fourth-order valence-electron chi connectivity index (χ4n) is 7.93. The number of rotatable bonds is 11. The molecular formula is C36H47N3O5. The predicted molar refractivity (Wildman–Crippen MR) is 170 cm³/mol. The summed E-state index contributed by atoms with van der Waals surface area (Å²) in [5.41, 5.74) is 2.69. The van der Waals surface area contributed by atoms with Crippen molar-refractivity contribution in [3.63, 3.8) is 0 Å². The predicted octanol–water partition coefficient (Wildman–Crippen LogP) is 4.92. The van der Waals surface area contributed by atoms with Gasteiger partial charge in [-0.15, -0.1) is 0 Å². The Balaban J connectivity index is 1.25. The second-order valence-electron chi connectivity index (χ2n) is 13.0. The van der Waals surface area contributed by atoms with E-state index < -0.39 is 11.9 Å². The van der Waals surface area contributed by atoms with Crippen LogP contribution in [-0.4, -0.2) is 85.1 Å². The average Bonchev–Trinajstić information content (AvgIpc) is 3.68. The first-order valence-corrected chi connectivity index (χ1v) is 16.6. The molecule has 3 atom stereocenters. The number of nitrogens with zero attached hydrogens (tertiary/aromatic N) is 2. The van der Waals surface area contributed by atoms with E-state index in [2.05, 4.69) is 10.2 Å². The number of aryl methyl sites for hydroxylation is 1. The Morgan fingerprint density at radius 1 is 1.02 bits per heavy atom. The molecule has 3 aliphatic heterocycles. The maximum Gasteiger partial charge on any atom is 0.289 e. The highest BCUT2D eigenvalue weighted by Gasteiger charge is 2.50. The molecule has 44 heavy (non-hydrogen) atoms. The van der Waals surface area contributed by atoms with E-state index in [-0.39, 0.29) is 23.0 Å². The molecule has 3 heterocycles. The summed E-state index contributed by atoms with van der Waals surface area (Å²) in [5.74, 6) is 0.783. The molecule has 4 aliphatic rings. The van der Waals surface area contributed by atoms with Gasteiger partial charge in [-0.1, -0.05) is 56.0 Å². The summed E-state index contributed by atoms with van der Waals surface area (Å²) < 4.78 is 11.6. The number of Topliss-reactive ketones (excluding diaryl/α,β-unsaturated/α-hetero) is 1. The maximum atomic E-state index is 14.3. The highest BCUT2D eigenvalue weighted by Crippen LogP contribution is 2.44. The van der Waals surface area contributed by atoms with Gasteiger partial charge in [0, 0.05) is 31.7 Å². The van der Waals surface area contributed by atoms with Crippen LogP contribution in [0.3, 0.4) is 0 Å². The number of benzene rings is 2. The van der Waals surface area contributed by atoms with Gasteiger partial charge < -0.3 is 24.8 Å². The topological polar surface area (TPSA) is 91.3 Å². The van der Waals surface area contributed by atoms with Crippen LogP contribution in [0, 0.1) is 24.7 Å². The number of ketones is 1. The van der Waals surface area contributed by atoms with E-state index in [4.69, 9.17) is 9.47 Å². The van der Waals surface area contributed by atoms with Crippen LogP contribution >= 0.6 is 0 Å². The Bertz CT molecular complexity index is 1330. The Morgan fingerprint density at radius 2 is 1.80 bits per heavy atom. The van der Waals surface area contributed by atoms with Gasteiger partial charge in [-0.25, -0.2) is 0 Å². The number of carbonyl (C=O) groups excluding carboxylic acids is 2. The van der Waals surface area contributed by atoms with Crippen LogP contribution in [0.1, 0.15) is 60.0 Å². The molecule has 2 aromatic rings. The minimum absolute atomic E-state index is 0.130. The first kappa shape index (κ1) is 30.8. The second kappa shape index (κ2) is 14.3. The van der Waals surface area contributed by atoms with Gasteiger partial charge in [-0.3, -0.25) is 14.5 Å². The monoisotopic (exact) mass is 601 g/mol. The molecule has 1 saturated carbocycles. The number of piperidine rings is 1. The molecule has 3 unspecified atom stereocenters. The Morgan fingerprint density at radius 3 is 2.55 bits per heavy atom. The normalized spacial score (nSPS) is 25.2. The number of hydrogen-bond acceptors (Lipinski definition) is 7. The molecule has 8 heteroatoms. The van der Waals surface area contributed by atoms with Crippen molar-refractivity contribution in [1.29, 1.82) is 0 Å². The molecule has 0 bridgehead atoms. The van der Waals surface area contributed by atoms with E-state index in [1.807, 2.05) is 54.3 Å². The number of nitrogens with one attached hydrogen (secondary N) is 1. The Labute approximate surface area is 261 Å². The summed E-state index contributed by atoms with van der Waals surface area (Å²) in [7, 11) is 0. The molecule has 0 radical (unpaired) electrons. The van der Waals surface area contributed by atoms with Crippen LogP contribution in [0.25, 0.3) is 0 Å².